The van der Waals surface area contributed by atoms with Crippen LogP contribution in [0.1, 0.15) is 38.3 Å². The number of anilines is 2. The second-order valence-electron chi connectivity index (χ2n) is 8.28. The zero-order valence-electron chi connectivity index (χ0n) is 16.1. The Morgan fingerprint density at radius 1 is 1.25 bits per heavy atom. The third kappa shape index (κ3) is 3.63. The molecule has 28 heavy (non-hydrogen) atoms. The van der Waals surface area contributed by atoms with Crippen LogP contribution in [0, 0.1) is 17.8 Å². The molecule has 3 atom stereocenters. The first-order valence-corrected chi connectivity index (χ1v) is 9.79. The summed E-state index contributed by atoms with van der Waals surface area (Å²) < 4.78 is 44.9. The fourth-order valence-corrected chi connectivity index (χ4v) is 4.77. The van der Waals surface area contributed by atoms with Crippen LogP contribution < -0.4 is 9.80 Å². The largest absolute Gasteiger partial charge is 0.469 e. The van der Waals surface area contributed by atoms with Crippen molar-refractivity contribution in [2.75, 3.05) is 36.5 Å². The highest BCUT2D eigenvalue weighted by molar-refractivity contribution is 5.69. The number of hydrogen-bond acceptors (Lipinski definition) is 6. The minimum Gasteiger partial charge on any atom is -0.469 e. The Bertz CT molecular complexity index is 743. The summed E-state index contributed by atoms with van der Waals surface area (Å²) in [5.74, 6) is 1.40. The SMILES string of the molecule is COC(=O)CC1CC2CN(c3cc(C(F)(F)F)nc(N4CC[C@@H]4C)n3)CC2C1. The van der Waals surface area contributed by atoms with Gasteiger partial charge in [-0.3, -0.25) is 4.79 Å². The number of carbonyl (C=O) groups excluding carboxylic acids is 1. The summed E-state index contributed by atoms with van der Waals surface area (Å²) in [4.78, 5) is 23.5. The third-order valence-electron chi connectivity index (χ3n) is 6.42. The van der Waals surface area contributed by atoms with E-state index >= 15 is 0 Å². The molecule has 9 heteroatoms. The van der Waals surface area contributed by atoms with Gasteiger partial charge in [-0.05, 0) is 43.9 Å². The number of ether oxygens (including phenoxy) is 1. The number of alkyl halides is 3. The fourth-order valence-electron chi connectivity index (χ4n) is 4.77. The summed E-state index contributed by atoms with van der Waals surface area (Å²) in [6, 6.07) is 1.23. The second kappa shape index (κ2) is 7.08. The summed E-state index contributed by atoms with van der Waals surface area (Å²) in [6.07, 6.45) is -1.33. The Labute approximate surface area is 162 Å². The van der Waals surface area contributed by atoms with Crippen molar-refractivity contribution in [1.29, 1.82) is 0 Å². The number of esters is 1. The molecule has 2 unspecified atom stereocenters. The molecule has 2 saturated heterocycles. The highest BCUT2D eigenvalue weighted by Gasteiger charge is 2.43. The zero-order chi connectivity index (χ0) is 20.1. The first kappa shape index (κ1) is 19.3. The number of methoxy groups -OCH3 is 1. The summed E-state index contributed by atoms with van der Waals surface area (Å²) in [5.41, 5.74) is -0.882. The predicted molar refractivity (Wildman–Crippen MR) is 97.0 cm³/mol. The highest BCUT2D eigenvalue weighted by atomic mass is 19.4. The van der Waals surface area contributed by atoms with Gasteiger partial charge in [0.1, 0.15) is 5.82 Å². The van der Waals surface area contributed by atoms with Crippen molar-refractivity contribution in [2.24, 2.45) is 17.8 Å². The molecule has 154 valence electrons. The molecule has 4 rings (SSSR count). The summed E-state index contributed by atoms with van der Waals surface area (Å²) in [7, 11) is 1.39. The number of fused-ring (bicyclic) bond motifs is 1. The van der Waals surface area contributed by atoms with Crippen LogP contribution in [-0.2, 0) is 15.7 Å². The van der Waals surface area contributed by atoms with Crippen molar-refractivity contribution in [1.82, 2.24) is 9.97 Å². The van der Waals surface area contributed by atoms with Gasteiger partial charge in [0.15, 0.2) is 5.69 Å². The molecule has 3 aliphatic rings. The molecule has 6 nitrogen and oxygen atoms in total. The Balaban J connectivity index is 1.51. The van der Waals surface area contributed by atoms with Crippen molar-refractivity contribution in [3.05, 3.63) is 11.8 Å². The summed E-state index contributed by atoms with van der Waals surface area (Å²) in [6.45, 7) is 3.99. The molecule has 2 aliphatic heterocycles. The van der Waals surface area contributed by atoms with Gasteiger partial charge in [-0.25, -0.2) is 4.98 Å². The lowest BCUT2D eigenvalue weighted by Crippen LogP contribution is -2.47. The van der Waals surface area contributed by atoms with Gasteiger partial charge in [-0.15, -0.1) is 0 Å². The number of rotatable bonds is 4. The number of hydrogen-bond donors (Lipinski definition) is 0. The van der Waals surface area contributed by atoms with Crippen LogP contribution in [-0.4, -0.2) is 48.7 Å². The molecule has 1 aromatic rings. The topological polar surface area (TPSA) is 58.6 Å². The van der Waals surface area contributed by atoms with Crippen LogP contribution in [0.3, 0.4) is 0 Å². The van der Waals surface area contributed by atoms with Crippen LogP contribution in [0.25, 0.3) is 0 Å². The van der Waals surface area contributed by atoms with E-state index in [0.717, 1.165) is 25.3 Å². The lowest BCUT2D eigenvalue weighted by molar-refractivity contribution is -0.142. The number of halogens is 3. The lowest BCUT2D eigenvalue weighted by atomic mass is 10.0. The molecule has 0 bridgehead atoms. The Kier molecular flexibility index (Phi) is 4.87. The predicted octanol–water partition coefficient (Wildman–Crippen LogP) is 3.12. The van der Waals surface area contributed by atoms with E-state index in [9.17, 15) is 18.0 Å². The minimum atomic E-state index is -4.50. The first-order valence-electron chi connectivity index (χ1n) is 9.79. The molecule has 0 amide bonds. The average molecular weight is 398 g/mol. The van der Waals surface area contributed by atoms with Gasteiger partial charge in [0.05, 0.1) is 7.11 Å². The Morgan fingerprint density at radius 2 is 1.93 bits per heavy atom. The maximum Gasteiger partial charge on any atom is 0.433 e. The molecule has 3 fully saturated rings. The molecule has 3 heterocycles. The van der Waals surface area contributed by atoms with E-state index in [0.29, 0.717) is 49.6 Å². The average Bonchev–Trinajstić information content (AvgIpc) is 3.17. The third-order valence-corrected chi connectivity index (χ3v) is 6.42. The molecule has 0 N–H and O–H groups in total. The molecule has 0 spiro atoms. The van der Waals surface area contributed by atoms with Crippen molar-refractivity contribution in [3.8, 4) is 0 Å². The van der Waals surface area contributed by atoms with Crippen molar-refractivity contribution in [2.45, 2.75) is 44.8 Å². The molecule has 1 aromatic heterocycles. The van der Waals surface area contributed by atoms with Gasteiger partial charge in [-0.2, -0.15) is 18.2 Å². The number of nitrogens with zero attached hydrogens (tertiary/aromatic N) is 4. The van der Waals surface area contributed by atoms with Gasteiger partial charge in [0.2, 0.25) is 5.95 Å². The second-order valence-corrected chi connectivity index (χ2v) is 8.28. The molecule has 0 aromatic carbocycles. The molecular weight excluding hydrogens is 373 g/mol. The van der Waals surface area contributed by atoms with E-state index in [4.69, 9.17) is 4.74 Å². The normalized spacial score (nSPS) is 29.6. The fraction of sp³-hybridized carbons (Fsp3) is 0.737. The van der Waals surface area contributed by atoms with Crippen LogP contribution >= 0.6 is 0 Å². The summed E-state index contributed by atoms with van der Waals surface area (Å²) >= 11 is 0. The number of carbonyl (C=O) groups is 1. The van der Waals surface area contributed by atoms with Gasteiger partial charge in [0.25, 0.3) is 0 Å². The Morgan fingerprint density at radius 3 is 2.43 bits per heavy atom. The first-order chi connectivity index (χ1) is 13.2. The van der Waals surface area contributed by atoms with E-state index in [-0.39, 0.29) is 18.0 Å². The maximum absolute atomic E-state index is 13.4. The van der Waals surface area contributed by atoms with Gasteiger partial charge in [0, 0.05) is 38.2 Å². The lowest BCUT2D eigenvalue weighted by Gasteiger charge is -2.39. The standard InChI is InChI=1S/C19H25F3N4O2/c1-11-3-4-26(11)18-23-15(19(20,21)22)8-16(24-18)25-9-13-5-12(6-14(13)10-25)7-17(27)28-2/h8,11-14H,3-7,9-10H2,1-2H3/t11-,12?,13?,14?/m0/s1. The van der Waals surface area contributed by atoms with Crippen LogP contribution in [0.5, 0.6) is 0 Å². The van der Waals surface area contributed by atoms with E-state index < -0.39 is 11.9 Å². The van der Waals surface area contributed by atoms with E-state index in [1.54, 1.807) is 0 Å². The smallest absolute Gasteiger partial charge is 0.433 e. The molecule has 0 radical (unpaired) electrons. The van der Waals surface area contributed by atoms with Crippen molar-refractivity contribution < 1.29 is 22.7 Å². The van der Waals surface area contributed by atoms with Crippen LogP contribution in [0.4, 0.5) is 24.9 Å². The molecule has 1 aliphatic carbocycles. The zero-order valence-corrected chi connectivity index (χ0v) is 16.1. The van der Waals surface area contributed by atoms with E-state index in [1.807, 2.05) is 16.7 Å². The minimum absolute atomic E-state index is 0.161. The number of aromatic nitrogens is 2. The Hall–Kier alpha value is -2.06. The quantitative estimate of drug-likeness (QED) is 0.727. The summed E-state index contributed by atoms with van der Waals surface area (Å²) in [5, 5.41) is 0. The molecule has 1 saturated carbocycles. The van der Waals surface area contributed by atoms with Gasteiger partial charge in [-0.1, -0.05) is 0 Å². The van der Waals surface area contributed by atoms with E-state index in [2.05, 4.69) is 9.97 Å². The highest BCUT2D eigenvalue weighted by Crippen LogP contribution is 2.44. The van der Waals surface area contributed by atoms with Gasteiger partial charge >= 0.3 is 12.1 Å². The monoisotopic (exact) mass is 398 g/mol. The molecular formula is C19H25F3N4O2. The van der Waals surface area contributed by atoms with Crippen molar-refractivity contribution >= 4 is 17.7 Å². The van der Waals surface area contributed by atoms with Gasteiger partial charge < -0.3 is 14.5 Å². The van der Waals surface area contributed by atoms with Crippen LogP contribution in [0.2, 0.25) is 0 Å². The maximum atomic E-state index is 13.4. The van der Waals surface area contributed by atoms with Crippen molar-refractivity contribution in [3.63, 3.8) is 0 Å². The van der Waals surface area contributed by atoms with E-state index in [1.165, 1.54) is 7.11 Å². The van der Waals surface area contributed by atoms with Crippen LogP contribution in [0.15, 0.2) is 6.07 Å².